The lowest BCUT2D eigenvalue weighted by molar-refractivity contribution is 0.722. The Labute approximate surface area is 53.3 Å². The average molecular weight is 128 g/mol. The molecule has 1 heterocycles. The first kappa shape index (κ1) is 5.93. The minimum absolute atomic E-state index is 0.198. The first-order valence-electron chi connectivity index (χ1n) is 2.65. The largest absolute Gasteiger partial charge is 0.314 e. The summed E-state index contributed by atoms with van der Waals surface area (Å²) < 4.78 is 0. The summed E-state index contributed by atoms with van der Waals surface area (Å²) in [6.45, 7) is 1.92. The van der Waals surface area contributed by atoms with Crippen molar-refractivity contribution in [3.8, 4) is 6.07 Å². The molecular formula is C5H8N2S. The van der Waals surface area contributed by atoms with Crippen molar-refractivity contribution < 1.29 is 0 Å². The molecule has 0 bridgehead atoms. The van der Waals surface area contributed by atoms with Crippen LogP contribution >= 0.6 is 11.8 Å². The van der Waals surface area contributed by atoms with Crippen LogP contribution in [0, 0.1) is 11.3 Å². The summed E-state index contributed by atoms with van der Waals surface area (Å²) >= 11 is 1.74. The van der Waals surface area contributed by atoms with Gasteiger partial charge in [0.25, 0.3) is 0 Å². The van der Waals surface area contributed by atoms with Crippen LogP contribution in [0.25, 0.3) is 0 Å². The molecule has 0 radical (unpaired) electrons. The highest BCUT2D eigenvalue weighted by Gasteiger charge is 2.10. The number of thioether (sulfide) groups is 1. The van der Waals surface area contributed by atoms with Gasteiger partial charge in [0.1, 0.15) is 5.25 Å². The van der Waals surface area contributed by atoms with E-state index in [1.54, 1.807) is 11.8 Å². The van der Waals surface area contributed by atoms with E-state index in [1.807, 2.05) is 0 Å². The van der Waals surface area contributed by atoms with E-state index in [1.165, 1.54) is 0 Å². The molecule has 1 saturated heterocycles. The van der Waals surface area contributed by atoms with Gasteiger partial charge < -0.3 is 5.32 Å². The molecule has 2 nitrogen and oxygen atoms in total. The Morgan fingerprint density at radius 1 is 1.75 bits per heavy atom. The van der Waals surface area contributed by atoms with Crippen molar-refractivity contribution in [2.75, 3.05) is 18.8 Å². The zero-order valence-electron chi connectivity index (χ0n) is 4.55. The van der Waals surface area contributed by atoms with Gasteiger partial charge in [0.15, 0.2) is 0 Å². The van der Waals surface area contributed by atoms with Crippen LogP contribution in [-0.4, -0.2) is 24.1 Å². The minimum atomic E-state index is 0.198. The SMILES string of the molecule is N#CC1CNCCS1. The van der Waals surface area contributed by atoms with Crippen LogP contribution in [-0.2, 0) is 0 Å². The molecule has 3 heteroatoms. The standard InChI is InChI=1S/C5H8N2S/c6-3-5-4-7-1-2-8-5/h5,7H,1-2,4H2. The van der Waals surface area contributed by atoms with Crippen molar-refractivity contribution in [1.29, 1.82) is 5.26 Å². The lowest BCUT2D eigenvalue weighted by Gasteiger charge is -2.15. The van der Waals surface area contributed by atoms with E-state index in [0.717, 1.165) is 18.8 Å². The molecule has 1 unspecified atom stereocenters. The van der Waals surface area contributed by atoms with Gasteiger partial charge in [-0.15, -0.1) is 11.8 Å². The lowest BCUT2D eigenvalue weighted by Crippen LogP contribution is -2.31. The van der Waals surface area contributed by atoms with Crippen molar-refractivity contribution in [2.45, 2.75) is 5.25 Å². The van der Waals surface area contributed by atoms with Gasteiger partial charge >= 0.3 is 0 Å². The number of nitriles is 1. The third-order valence-corrected chi connectivity index (χ3v) is 2.19. The maximum atomic E-state index is 8.38. The van der Waals surface area contributed by atoms with Crippen LogP contribution < -0.4 is 5.32 Å². The fourth-order valence-electron chi connectivity index (χ4n) is 0.648. The maximum Gasteiger partial charge on any atom is 0.104 e. The van der Waals surface area contributed by atoms with Crippen LogP contribution in [0.2, 0.25) is 0 Å². The van der Waals surface area contributed by atoms with Crippen molar-refractivity contribution >= 4 is 11.8 Å². The first-order chi connectivity index (χ1) is 3.93. The first-order valence-corrected chi connectivity index (χ1v) is 3.70. The van der Waals surface area contributed by atoms with Gasteiger partial charge in [0.2, 0.25) is 0 Å². The maximum absolute atomic E-state index is 8.38. The molecule has 0 aromatic heterocycles. The van der Waals surface area contributed by atoms with Crippen molar-refractivity contribution in [3.63, 3.8) is 0 Å². The molecule has 8 heavy (non-hydrogen) atoms. The summed E-state index contributed by atoms with van der Waals surface area (Å²) in [6.07, 6.45) is 0. The molecule has 1 rings (SSSR count). The Hall–Kier alpha value is -0.200. The Morgan fingerprint density at radius 2 is 2.62 bits per heavy atom. The topological polar surface area (TPSA) is 35.8 Å². The van der Waals surface area contributed by atoms with E-state index in [-0.39, 0.29) is 5.25 Å². The van der Waals surface area contributed by atoms with Crippen molar-refractivity contribution in [2.24, 2.45) is 0 Å². The van der Waals surface area contributed by atoms with Gasteiger partial charge in [-0.3, -0.25) is 0 Å². The summed E-state index contributed by atoms with van der Waals surface area (Å²) in [6, 6.07) is 2.20. The zero-order valence-corrected chi connectivity index (χ0v) is 5.37. The van der Waals surface area contributed by atoms with E-state index < -0.39 is 0 Å². The molecule has 0 aliphatic carbocycles. The zero-order chi connectivity index (χ0) is 5.82. The summed E-state index contributed by atoms with van der Waals surface area (Å²) in [5.74, 6) is 1.08. The van der Waals surface area contributed by atoms with Crippen molar-refractivity contribution in [3.05, 3.63) is 0 Å². The third kappa shape index (κ3) is 1.39. The molecule has 0 aromatic carbocycles. The van der Waals surface area contributed by atoms with E-state index in [0.29, 0.717) is 0 Å². The monoisotopic (exact) mass is 128 g/mol. The normalized spacial score (nSPS) is 29.1. The van der Waals surface area contributed by atoms with E-state index in [2.05, 4.69) is 11.4 Å². The van der Waals surface area contributed by atoms with Crippen LogP contribution in [0.15, 0.2) is 0 Å². The second-order valence-corrected chi connectivity index (χ2v) is 3.00. The summed E-state index contributed by atoms with van der Waals surface area (Å²) in [4.78, 5) is 0. The number of hydrogen-bond donors (Lipinski definition) is 1. The highest BCUT2D eigenvalue weighted by Crippen LogP contribution is 2.10. The number of nitrogens with zero attached hydrogens (tertiary/aromatic N) is 1. The van der Waals surface area contributed by atoms with Gasteiger partial charge in [-0.25, -0.2) is 0 Å². The van der Waals surface area contributed by atoms with Crippen LogP contribution in [0.1, 0.15) is 0 Å². The highest BCUT2D eigenvalue weighted by atomic mass is 32.2. The fourth-order valence-corrected chi connectivity index (χ4v) is 1.51. The van der Waals surface area contributed by atoms with Gasteiger partial charge in [-0.05, 0) is 0 Å². The number of hydrogen-bond acceptors (Lipinski definition) is 3. The molecule has 0 aromatic rings. The molecular weight excluding hydrogens is 120 g/mol. The Morgan fingerprint density at radius 3 is 3.00 bits per heavy atom. The Balaban J connectivity index is 2.25. The molecule has 1 N–H and O–H groups in total. The fraction of sp³-hybridized carbons (Fsp3) is 0.800. The molecule has 1 aliphatic rings. The molecule has 0 amide bonds. The van der Waals surface area contributed by atoms with Crippen LogP contribution in [0.4, 0.5) is 0 Å². The van der Waals surface area contributed by atoms with Gasteiger partial charge in [0, 0.05) is 18.8 Å². The predicted molar refractivity (Wildman–Crippen MR) is 34.7 cm³/mol. The van der Waals surface area contributed by atoms with Crippen molar-refractivity contribution in [1.82, 2.24) is 5.32 Å². The Bertz CT molecular complexity index is 101. The molecule has 0 saturated carbocycles. The van der Waals surface area contributed by atoms with Crippen LogP contribution in [0.3, 0.4) is 0 Å². The lowest BCUT2D eigenvalue weighted by atomic mass is 10.4. The molecule has 0 spiro atoms. The van der Waals surface area contributed by atoms with Gasteiger partial charge in [0.05, 0.1) is 6.07 Å². The van der Waals surface area contributed by atoms with Gasteiger partial charge in [-0.2, -0.15) is 5.26 Å². The van der Waals surface area contributed by atoms with E-state index in [9.17, 15) is 0 Å². The van der Waals surface area contributed by atoms with E-state index in [4.69, 9.17) is 5.26 Å². The molecule has 1 atom stereocenters. The van der Waals surface area contributed by atoms with Gasteiger partial charge in [-0.1, -0.05) is 0 Å². The molecule has 44 valence electrons. The second kappa shape index (κ2) is 2.95. The number of rotatable bonds is 0. The summed E-state index contributed by atoms with van der Waals surface area (Å²) in [5.41, 5.74) is 0. The second-order valence-electron chi connectivity index (χ2n) is 1.69. The summed E-state index contributed by atoms with van der Waals surface area (Å²) in [5, 5.41) is 11.7. The molecule has 1 fully saturated rings. The average Bonchev–Trinajstić information content (AvgIpc) is 1.90. The quantitative estimate of drug-likeness (QED) is 0.506. The predicted octanol–water partition coefficient (Wildman–Crippen LogP) is 0.215. The highest BCUT2D eigenvalue weighted by molar-refractivity contribution is 8.00. The smallest absolute Gasteiger partial charge is 0.104 e. The number of nitrogens with one attached hydrogen (secondary N) is 1. The molecule has 1 aliphatic heterocycles. The Kier molecular flexibility index (Phi) is 2.19. The third-order valence-electron chi connectivity index (χ3n) is 1.07. The van der Waals surface area contributed by atoms with E-state index >= 15 is 0 Å². The van der Waals surface area contributed by atoms with Crippen LogP contribution in [0.5, 0.6) is 0 Å². The minimum Gasteiger partial charge on any atom is -0.314 e. The summed E-state index contributed by atoms with van der Waals surface area (Å²) in [7, 11) is 0.